The number of hydrogen-bond acceptors (Lipinski definition) is 5. The molecule has 2 heterocycles. The highest BCUT2D eigenvalue weighted by Gasteiger charge is 2.08. The molecule has 2 aromatic rings. The fourth-order valence-electron chi connectivity index (χ4n) is 1.54. The topological polar surface area (TPSA) is 76.9 Å². The summed E-state index contributed by atoms with van der Waals surface area (Å²) in [4.78, 5) is 27.3. The number of nitrogens with one attached hydrogen (secondary N) is 1. The van der Waals surface area contributed by atoms with Gasteiger partial charge in [-0.1, -0.05) is 0 Å². The number of thiazole rings is 1. The summed E-state index contributed by atoms with van der Waals surface area (Å²) in [5.74, 6) is -0.231. The quantitative estimate of drug-likeness (QED) is 0.895. The van der Waals surface area contributed by atoms with E-state index in [-0.39, 0.29) is 11.5 Å². The molecule has 2 aromatic heterocycles. The molecule has 0 saturated carbocycles. The first-order valence-electron chi connectivity index (χ1n) is 5.81. The van der Waals surface area contributed by atoms with Gasteiger partial charge in [0, 0.05) is 18.0 Å². The van der Waals surface area contributed by atoms with Crippen LogP contribution in [0.1, 0.15) is 21.2 Å². The van der Waals surface area contributed by atoms with E-state index in [1.54, 1.807) is 11.4 Å². The average molecular weight is 278 g/mol. The van der Waals surface area contributed by atoms with Crippen molar-refractivity contribution >= 4 is 17.2 Å². The summed E-state index contributed by atoms with van der Waals surface area (Å²) in [6.45, 7) is 4.34. The average Bonchev–Trinajstić information content (AvgIpc) is 2.80. The van der Waals surface area contributed by atoms with Gasteiger partial charge in [-0.3, -0.25) is 9.59 Å². The smallest absolute Gasteiger partial charge is 0.270 e. The maximum absolute atomic E-state index is 11.7. The summed E-state index contributed by atoms with van der Waals surface area (Å²) in [7, 11) is 0. The summed E-state index contributed by atoms with van der Waals surface area (Å²) in [6.07, 6.45) is 0. The zero-order valence-corrected chi connectivity index (χ0v) is 11.5. The van der Waals surface area contributed by atoms with E-state index >= 15 is 0 Å². The van der Waals surface area contributed by atoms with Gasteiger partial charge in [0.25, 0.3) is 11.5 Å². The summed E-state index contributed by atoms with van der Waals surface area (Å²) >= 11 is 1.43. The molecule has 0 bridgehead atoms. The minimum Gasteiger partial charge on any atom is -0.349 e. The summed E-state index contributed by atoms with van der Waals surface area (Å²) in [6, 6.07) is 3.13. The number of carbonyl (C=O) groups excluding carboxylic acids is 1. The van der Waals surface area contributed by atoms with Gasteiger partial charge >= 0.3 is 0 Å². The number of amides is 1. The molecule has 1 N–H and O–H groups in total. The van der Waals surface area contributed by atoms with Crippen molar-refractivity contribution in [3.05, 3.63) is 44.3 Å². The summed E-state index contributed by atoms with van der Waals surface area (Å²) < 4.78 is 1.34. The van der Waals surface area contributed by atoms with Crippen LogP contribution < -0.4 is 10.9 Å². The van der Waals surface area contributed by atoms with Crippen molar-refractivity contribution in [2.45, 2.75) is 20.4 Å². The van der Waals surface area contributed by atoms with Gasteiger partial charge in [0.2, 0.25) is 0 Å². The Balaban J connectivity index is 1.91. The fraction of sp³-hybridized carbons (Fsp3) is 0.333. The molecule has 0 spiro atoms. The van der Waals surface area contributed by atoms with Crippen molar-refractivity contribution in [3.8, 4) is 0 Å². The normalized spacial score (nSPS) is 10.4. The van der Waals surface area contributed by atoms with Crippen LogP contribution in [0.3, 0.4) is 0 Å². The molecule has 2 rings (SSSR count). The summed E-state index contributed by atoms with van der Waals surface area (Å²) in [5.41, 5.74) is 0.998. The molecule has 7 heteroatoms. The van der Waals surface area contributed by atoms with Crippen molar-refractivity contribution in [2.75, 3.05) is 6.54 Å². The van der Waals surface area contributed by atoms with Crippen LogP contribution >= 0.6 is 11.3 Å². The van der Waals surface area contributed by atoms with E-state index in [1.165, 1.54) is 22.1 Å². The zero-order valence-electron chi connectivity index (χ0n) is 10.7. The van der Waals surface area contributed by atoms with E-state index < -0.39 is 0 Å². The van der Waals surface area contributed by atoms with Gasteiger partial charge in [-0.15, -0.1) is 11.3 Å². The lowest BCUT2D eigenvalue weighted by atomic mass is 10.4. The van der Waals surface area contributed by atoms with Crippen LogP contribution in [0.15, 0.2) is 22.3 Å². The minimum absolute atomic E-state index is 0.177. The Morgan fingerprint density at radius 1 is 1.42 bits per heavy atom. The molecule has 0 aliphatic rings. The molecule has 0 radical (unpaired) electrons. The predicted molar refractivity (Wildman–Crippen MR) is 72.4 cm³/mol. The van der Waals surface area contributed by atoms with Crippen LogP contribution in [0.5, 0.6) is 0 Å². The van der Waals surface area contributed by atoms with Crippen molar-refractivity contribution in [1.29, 1.82) is 0 Å². The van der Waals surface area contributed by atoms with Gasteiger partial charge in [-0.05, 0) is 19.9 Å². The number of carbonyl (C=O) groups is 1. The standard InChI is InChI=1S/C12H14N4O2S/c1-8-3-4-11(17)16(15-8)6-5-13-12(18)10-7-19-9(2)14-10/h3-4,7H,5-6H2,1-2H3,(H,13,18). The number of rotatable bonds is 4. The molecule has 1 amide bonds. The number of hydrogen-bond donors (Lipinski definition) is 1. The Morgan fingerprint density at radius 3 is 2.89 bits per heavy atom. The molecule has 0 aromatic carbocycles. The molecule has 0 aliphatic carbocycles. The number of nitrogens with zero attached hydrogens (tertiary/aromatic N) is 3. The SMILES string of the molecule is Cc1ccc(=O)n(CCNC(=O)c2csc(C)n2)n1. The summed E-state index contributed by atoms with van der Waals surface area (Å²) in [5, 5.41) is 9.36. The van der Waals surface area contributed by atoms with Crippen molar-refractivity contribution in [3.63, 3.8) is 0 Å². The second kappa shape index (κ2) is 5.75. The second-order valence-corrected chi connectivity index (χ2v) is 5.11. The van der Waals surface area contributed by atoms with Crippen molar-refractivity contribution in [1.82, 2.24) is 20.1 Å². The van der Waals surface area contributed by atoms with Gasteiger partial charge in [-0.25, -0.2) is 9.67 Å². The maximum atomic E-state index is 11.7. The Morgan fingerprint density at radius 2 is 2.21 bits per heavy atom. The molecule has 100 valence electrons. The van der Waals surface area contributed by atoms with Gasteiger partial charge in [0.15, 0.2) is 0 Å². The lowest BCUT2D eigenvalue weighted by molar-refractivity contribution is 0.0947. The highest BCUT2D eigenvalue weighted by atomic mass is 32.1. The van der Waals surface area contributed by atoms with E-state index in [9.17, 15) is 9.59 Å². The molecule has 0 aliphatic heterocycles. The van der Waals surface area contributed by atoms with E-state index in [0.29, 0.717) is 18.8 Å². The van der Waals surface area contributed by atoms with Crippen molar-refractivity contribution < 1.29 is 4.79 Å². The lowest BCUT2D eigenvalue weighted by Gasteiger charge is -2.06. The molecule has 0 fully saturated rings. The van der Waals surface area contributed by atoms with E-state index in [4.69, 9.17) is 0 Å². The number of aryl methyl sites for hydroxylation is 2. The predicted octanol–water partition coefficient (Wildman–Crippen LogP) is 0.747. The molecule has 0 unspecified atom stereocenters. The number of aromatic nitrogens is 3. The second-order valence-electron chi connectivity index (χ2n) is 4.04. The van der Waals surface area contributed by atoms with Gasteiger partial charge in [0.05, 0.1) is 17.2 Å². The third kappa shape index (κ3) is 3.47. The van der Waals surface area contributed by atoms with E-state index in [0.717, 1.165) is 10.7 Å². The Bertz CT molecular complexity index is 647. The van der Waals surface area contributed by atoms with Gasteiger partial charge in [-0.2, -0.15) is 5.10 Å². The first-order valence-corrected chi connectivity index (χ1v) is 6.69. The van der Waals surface area contributed by atoms with Crippen LogP contribution in [0.25, 0.3) is 0 Å². The monoisotopic (exact) mass is 278 g/mol. The molecular formula is C12H14N4O2S. The zero-order chi connectivity index (χ0) is 13.8. The van der Waals surface area contributed by atoms with Crippen LogP contribution in [0.2, 0.25) is 0 Å². The Labute approximate surface area is 114 Å². The third-order valence-corrected chi connectivity index (χ3v) is 3.23. The largest absolute Gasteiger partial charge is 0.349 e. The first kappa shape index (κ1) is 13.4. The molecular weight excluding hydrogens is 264 g/mol. The Kier molecular flexibility index (Phi) is 4.06. The maximum Gasteiger partial charge on any atom is 0.270 e. The molecule has 0 saturated heterocycles. The Hall–Kier alpha value is -2.02. The van der Waals surface area contributed by atoms with Crippen LogP contribution in [0.4, 0.5) is 0 Å². The van der Waals surface area contributed by atoms with E-state index in [1.807, 2.05) is 13.8 Å². The van der Waals surface area contributed by atoms with Crippen LogP contribution in [-0.4, -0.2) is 27.2 Å². The van der Waals surface area contributed by atoms with Crippen LogP contribution in [-0.2, 0) is 6.54 Å². The molecule has 6 nitrogen and oxygen atoms in total. The van der Waals surface area contributed by atoms with E-state index in [2.05, 4.69) is 15.4 Å². The molecule has 0 atom stereocenters. The lowest BCUT2D eigenvalue weighted by Crippen LogP contribution is -2.32. The molecule has 19 heavy (non-hydrogen) atoms. The highest BCUT2D eigenvalue weighted by Crippen LogP contribution is 2.07. The first-order chi connectivity index (χ1) is 9.06. The van der Waals surface area contributed by atoms with Crippen LogP contribution in [0, 0.1) is 13.8 Å². The van der Waals surface area contributed by atoms with Gasteiger partial charge in [0.1, 0.15) is 5.69 Å². The fourth-order valence-corrected chi connectivity index (χ4v) is 2.14. The minimum atomic E-state index is -0.231. The van der Waals surface area contributed by atoms with Gasteiger partial charge < -0.3 is 5.32 Å². The van der Waals surface area contributed by atoms with Crippen molar-refractivity contribution in [2.24, 2.45) is 0 Å². The third-order valence-electron chi connectivity index (χ3n) is 2.46. The highest BCUT2D eigenvalue weighted by molar-refractivity contribution is 7.09.